The summed E-state index contributed by atoms with van der Waals surface area (Å²) in [4.78, 5) is 13.2. The standard InChI is InChI=1S/C9H16F3N3OS/c1-2-15(4-3-7(13)17)5-8(16)14-6-9(10,11)12/h2-6H2,1H3,(H2,13,17)(H,14,16). The zero-order valence-electron chi connectivity index (χ0n) is 9.51. The number of hydrogen-bond acceptors (Lipinski definition) is 3. The highest BCUT2D eigenvalue weighted by Gasteiger charge is 2.27. The van der Waals surface area contributed by atoms with Gasteiger partial charge >= 0.3 is 6.18 Å². The minimum absolute atomic E-state index is 0.0881. The number of rotatable bonds is 7. The summed E-state index contributed by atoms with van der Waals surface area (Å²) in [6.45, 7) is 1.41. The number of alkyl halides is 3. The molecule has 0 rings (SSSR count). The van der Waals surface area contributed by atoms with Gasteiger partial charge in [-0.2, -0.15) is 13.2 Å². The van der Waals surface area contributed by atoms with E-state index in [2.05, 4.69) is 12.2 Å². The van der Waals surface area contributed by atoms with Crippen LogP contribution in [0.25, 0.3) is 0 Å². The van der Waals surface area contributed by atoms with Crippen molar-refractivity contribution in [2.24, 2.45) is 5.73 Å². The predicted molar refractivity (Wildman–Crippen MR) is 62.6 cm³/mol. The first-order valence-corrected chi connectivity index (χ1v) is 5.49. The van der Waals surface area contributed by atoms with Crippen LogP contribution in [-0.4, -0.2) is 48.2 Å². The molecule has 0 unspecified atom stereocenters. The van der Waals surface area contributed by atoms with E-state index in [0.29, 0.717) is 24.5 Å². The van der Waals surface area contributed by atoms with Gasteiger partial charge < -0.3 is 11.1 Å². The molecule has 1 amide bonds. The maximum Gasteiger partial charge on any atom is 0.405 e. The predicted octanol–water partition coefficient (Wildman–Crippen LogP) is 0.663. The number of amides is 1. The SMILES string of the molecule is CCN(CCC(N)=S)CC(=O)NCC(F)(F)F. The molecule has 0 radical (unpaired) electrons. The largest absolute Gasteiger partial charge is 0.405 e. The molecule has 0 aromatic carbocycles. The molecule has 8 heteroatoms. The Morgan fingerprint density at radius 2 is 2.06 bits per heavy atom. The van der Waals surface area contributed by atoms with Gasteiger partial charge in [0, 0.05) is 13.0 Å². The minimum Gasteiger partial charge on any atom is -0.393 e. The molecule has 0 saturated heterocycles. The molecule has 0 aliphatic heterocycles. The van der Waals surface area contributed by atoms with E-state index in [1.807, 2.05) is 0 Å². The summed E-state index contributed by atoms with van der Waals surface area (Å²) in [5.74, 6) is -0.660. The Balaban J connectivity index is 3.94. The zero-order chi connectivity index (χ0) is 13.5. The number of halogens is 3. The molecule has 17 heavy (non-hydrogen) atoms. The van der Waals surface area contributed by atoms with Crippen LogP contribution < -0.4 is 11.1 Å². The van der Waals surface area contributed by atoms with Gasteiger partial charge in [-0.15, -0.1) is 0 Å². The lowest BCUT2D eigenvalue weighted by molar-refractivity contribution is -0.139. The maximum atomic E-state index is 11.8. The molecular formula is C9H16F3N3OS. The highest BCUT2D eigenvalue weighted by molar-refractivity contribution is 7.80. The van der Waals surface area contributed by atoms with Crippen LogP contribution in [0.2, 0.25) is 0 Å². The summed E-state index contributed by atoms with van der Waals surface area (Å²) in [5, 5.41) is 1.81. The molecule has 0 aromatic heterocycles. The van der Waals surface area contributed by atoms with Crippen molar-refractivity contribution < 1.29 is 18.0 Å². The second-order valence-electron chi connectivity index (χ2n) is 3.48. The van der Waals surface area contributed by atoms with E-state index in [1.165, 1.54) is 0 Å². The van der Waals surface area contributed by atoms with Crippen LogP contribution in [-0.2, 0) is 4.79 Å². The Kier molecular flexibility index (Phi) is 7.05. The fourth-order valence-corrected chi connectivity index (χ4v) is 1.17. The number of thiocarbonyl (C=S) groups is 1. The van der Waals surface area contributed by atoms with Crippen LogP contribution in [0.5, 0.6) is 0 Å². The molecule has 0 aromatic rings. The first-order valence-electron chi connectivity index (χ1n) is 5.08. The lowest BCUT2D eigenvalue weighted by atomic mass is 10.3. The van der Waals surface area contributed by atoms with Crippen LogP contribution in [0.3, 0.4) is 0 Å². The third-order valence-corrected chi connectivity index (χ3v) is 2.18. The molecule has 0 fully saturated rings. The summed E-state index contributed by atoms with van der Waals surface area (Å²) < 4.78 is 35.5. The second-order valence-corrected chi connectivity index (χ2v) is 4.00. The quantitative estimate of drug-likeness (QED) is 0.668. The average Bonchev–Trinajstić information content (AvgIpc) is 2.20. The molecule has 100 valence electrons. The van der Waals surface area contributed by atoms with Crippen LogP contribution in [0, 0.1) is 0 Å². The van der Waals surface area contributed by atoms with E-state index in [-0.39, 0.29) is 6.54 Å². The number of likely N-dealkylation sites (N-methyl/N-ethyl adjacent to an activating group) is 1. The van der Waals surface area contributed by atoms with Crippen LogP contribution in [0.1, 0.15) is 13.3 Å². The van der Waals surface area contributed by atoms with Crippen molar-refractivity contribution in [3.05, 3.63) is 0 Å². The van der Waals surface area contributed by atoms with Crippen molar-refractivity contribution >= 4 is 23.1 Å². The first-order chi connectivity index (χ1) is 7.74. The molecule has 0 saturated carbocycles. The average molecular weight is 271 g/mol. The summed E-state index contributed by atoms with van der Waals surface area (Å²) in [6, 6.07) is 0. The van der Waals surface area contributed by atoms with E-state index in [0.717, 1.165) is 0 Å². The van der Waals surface area contributed by atoms with E-state index in [4.69, 9.17) is 5.73 Å². The summed E-state index contributed by atoms with van der Waals surface area (Å²) in [6.07, 6.45) is -3.94. The third kappa shape index (κ3) is 10.0. The summed E-state index contributed by atoms with van der Waals surface area (Å²) in [7, 11) is 0. The van der Waals surface area contributed by atoms with Gasteiger partial charge in [0.15, 0.2) is 0 Å². The van der Waals surface area contributed by atoms with Gasteiger partial charge in [-0.1, -0.05) is 19.1 Å². The van der Waals surface area contributed by atoms with Gasteiger partial charge in [0.05, 0.1) is 11.5 Å². The zero-order valence-corrected chi connectivity index (χ0v) is 10.3. The van der Waals surface area contributed by atoms with Gasteiger partial charge in [-0.25, -0.2) is 0 Å². The number of carbonyl (C=O) groups excluding carboxylic acids is 1. The van der Waals surface area contributed by atoms with Crippen molar-refractivity contribution in [2.45, 2.75) is 19.5 Å². The van der Waals surface area contributed by atoms with Crippen LogP contribution in [0.4, 0.5) is 13.2 Å². The maximum absolute atomic E-state index is 11.8. The number of carbonyl (C=O) groups is 1. The van der Waals surface area contributed by atoms with Crippen molar-refractivity contribution in [1.29, 1.82) is 0 Å². The Morgan fingerprint density at radius 3 is 2.47 bits per heavy atom. The van der Waals surface area contributed by atoms with E-state index in [1.54, 1.807) is 17.1 Å². The fourth-order valence-electron chi connectivity index (χ4n) is 1.08. The van der Waals surface area contributed by atoms with Gasteiger partial charge in [-0.3, -0.25) is 9.69 Å². The van der Waals surface area contributed by atoms with Crippen molar-refractivity contribution in [2.75, 3.05) is 26.2 Å². The molecule has 0 atom stereocenters. The number of nitrogens with one attached hydrogen (secondary N) is 1. The monoisotopic (exact) mass is 271 g/mol. The third-order valence-electron chi connectivity index (χ3n) is 1.97. The fraction of sp³-hybridized carbons (Fsp3) is 0.778. The van der Waals surface area contributed by atoms with Gasteiger partial charge in [0.25, 0.3) is 0 Å². The molecule has 0 bridgehead atoms. The molecule has 0 heterocycles. The number of hydrogen-bond donors (Lipinski definition) is 2. The molecular weight excluding hydrogens is 255 g/mol. The highest BCUT2D eigenvalue weighted by atomic mass is 32.1. The molecule has 4 nitrogen and oxygen atoms in total. The smallest absolute Gasteiger partial charge is 0.393 e. The van der Waals surface area contributed by atoms with Crippen molar-refractivity contribution in [3.8, 4) is 0 Å². The molecule has 0 spiro atoms. The lowest BCUT2D eigenvalue weighted by Crippen LogP contribution is -2.41. The Morgan fingerprint density at radius 1 is 1.47 bits per heavy atom. The topological polar surface area (TPSA) is 58.4 Å². The lowest BCUT2D eigenvalue weighted by Gasteiger charge is -2.19. The summed E-state index contributed by atoms with van der Waals surface area (Å²) in [5.41, 5.74) is 5.30. The molecule has 3 N–H and O–H groups in total. The van der Waals surface area contributed by atoms with Gasteiger partial charge in [0.1, 0.15) is 6.54 Å². The number of nitrogens with zero attached hydrogens (tertiary/aromatic N) is 1. The highest BCUT2D eigenvalue weighted by Crippen LogP contribution is 2.11. The normalized spacial score (nSPS) is 11.6. The Bertz CT molecular complexity index is 271. The van der Waals surface area contributed by atoms with Crippen molar-refractivity contribution in [1.82, 2.24) is 10.2 Å². The Hall–Kier alpha value is -0.890. The Labute approximate surface area is 103 Å². The van der Waals surface area contributed by atoms with E-state index >= 15 is 0 Å². The van der Waals surface area contributed by atoms with Crippen LogP contribution >= 0.6 is 12.2 Å². The van der Waals surface area contributed by atoms with Crippen molar-refractivity contribution in [3.63, 3.8) is 0 Å². The van der Waals surface area contributed by atoms with E-state index < -0.39 is 18.6 Å². The van der Waals surface area contributed by atoms with Crippen LogP contribution in [0.15, 0.2) is 0 Å². The minimum atomic E-state index is -4.38. The van der Waals surface area contributed by atoms with Gasteiger partial charge in [0.2, 0.25) is 5.91 Å². The second kappa shape index (κ2) is 7.44. The first kappa shape index (κ1) is 16.1. The van der Waals surface area contributed by atoms with Gasteiger partial charge in [-0.05, 0) is 6.54 Å². The molecule has 0 aliphatic rings. The molecule has 0 aliphatic carbocycles. The number of nitrogens with two attached hydrogens (primary N) is 1. The summed E-state index contributed by atoms with van der Waals surface area (Å²) >= 11 is 4.68. The van der Waals surface area contributed by atoms with E-state index in [9.17, 15) is 18.0 Å².